The van der Waals surface area contributed by atoms with Gasteiger partial charge in [-0.15, -0.1) is 0 Å². The minimum atomic E-state index is -0.130. The normalized spacial score (nSPS) is 23.4. The fraction of sp³-hybridized carbons (Fsp3) is 0.500. The van der Waals surface area contributed by atoms with Crippen molar-refractivity contribution in [3.63, 3.8) is 0 Å². The van der Waals surface area contributed by atoms with Gasteiger partial charge >= 0.3 is 5.97 Å². The van der Waals surface area contributed by atoms with Gasteiger partial charge < -0.3 is 9.47 Å². The van der Waals surface area contributed by atoms with E-state index in [2.05, 4.69) is 17.0 Å². The van der Waals surface area contributed by atoms with Crippen molar-refractivity contribution in [1.82, 2.24) is 4.90 Å². The van der Waals surface area contributed by atoms with Crippen molar-refractivity contribution in [2.24, 2.45) is 0 Å². The molecule has 1 aliphatic heterocycles. The van der Waals surface area contributed by atoms with E-state index in [4.69, 9.17) is 9.47 Å². The van der Waals surface area contributed by atoms with Gasteiger partial charge in [-0.25, -0.2) is 0 Å². The number of rotatable bonds is 6. The first-order valence-corrected chi connectivity index (χ1v) is 6.24. The van der Waals surface area contributed by atoms with Crippen LogP contribution in [0.5, 0.6) is 0 Å². The molecule has 0 radical (unpaired) electrons. The number of ether oxygens (including phenoxy) is 2. The van der Waals surface area contributed by atoms with Crippen molar-refractivity contribution in [3.8, 4) is 0 Å². The predicted octanol–water partition coefficient (Wildman–Crippen LogP) is 1.62. The number of hydrogen-bond acceptors (Lipinski definition) is 4. The molecule has 0 aliphatic carbocycles. The van der Waals surface area contributed by atoms with Gasteiger partial charge in [0, 0.05) is 13.7 Å². The summed E-state index contributed by atoms with van der Waals surface area (Å²) in [6, 6.07) is 10.1. The second-order valence-electron chi connectivity index (χ2n) is 4.35. The lowest BCUT2D eigenvalue weighted by atomic mass is 10.1. The van der Waals surface area contributed by atoms with E-state index in [0.717, 1.165) is 6.54 Å². The zero-order valence-electron chi connectivity index (χ0n) is 10.8. The lowest BCUT2D eigenvalue weighted by Gasteiger charge is -2.18. The van der Waals surface area contributed by atoms with Crippen LogP contribution in [-0.2, 0) is 14.3 Å². The first-order valence-electron chi connectivity index (χ1n) is 6.24. The Morgan fingerprint density at radius 1 is 1.44 bits per heavy atom. The van der Waals surface area contributed by atoms with Gasteiger partial charge in [0.25, 0.3) is 0 Å². The molecule has 1 aromatic rings. The quantitative estimate of drug-likeness (QED) is 0.567. The van der Waals surface area contributed by atoms with Crippen molar-refractivity contribution in [2.75, 3.05) is 26.9 Å². The molecule has 2 rings (SSSR count). The third-order valence-electron chi connectivity index (χ3n) is 3.12. The number of benzene rings is 1. The van der Waals surface area contributed by atoms with Gasteiger partial charge in [-0.3, -0.25) is 9.69 Å². The van der Waals surface area contributed by atoms with Gasteiger partial charge in [0.05, 0.1) is 19.3 Å². The minimum absolute atomic E-state index is 0.106. The third-order valence-corrected chi connectivity index (χ3v) is 3.12. The molecule has 1 aliphatic rings. The Labute approximate surface area is 107 Å². The molecular weight excluding hydrogens is 230 g/mol. The summed E-state index contributed by atoms with van der Waals surface area (Å²) >= 11 is 0. The fourth-order valence-corrected chi connectivity index (χ4v) is 2.16. The van der Waals surface area contributed by atoms with E-state index in [1.54, 1.807) is 7.11 Å². The highest BCUT2D eigenvalue weighted by Gasteiger charge is 2.46. The van der Waals surface area contributed by atoms with Crippen molar-refractivity contribution < 1.29 is 14.3 Å². The van der Waals surface area contributed by atoms with Crippen molar-refractivity contribution in [3.05, 3.63) is 35.9 Å². The number of methoxy groups -OCH3 is 1. The Balaban J connectivity index is 2.03. The highest BCUT2D eigenvalue weighted by atomic mass is 16.5. The van der Waals surface area contributed by atoms with Crippen LogP contribution < -0.4 is 0 Å². The Hall–Kier alpha value is -1.39. The van der Waals surface area contributed by atoms with Crippen LogP contribution in [0.15, 0.2) is 30.3 Å². The molecule has 0 bridgehead atoms. The molecule has 1 unspecified atom stereocenters. The van der Waals surface area contributed by atoms with Crippen LogP contribution >= 0.6 is 0 Å². The summed E-state index contributed by atoms with van der Waals surface area (Å²) in [5.74, 6) is -0.130. The molecule has 0 amide bonds. The van der Waals surface area contributed by atoms with Crippen molar-refractivity contribution in [1.29, 1.82) is 0 Å². The maximum atomic E-state index is 11.7. The number of hydrogen-bond donors (Lipinski definition) is 0. The summed E-state index contributed by atoms with van der Waals surface area (Å²) in [6.45, 7) is 3.60. The summed E-state index contributed by atoms with van der Waals surface area (Å²) in [5, 5.41) is 0. The van der Waals surface area contributed by atoms with E-state index in [9.17, 15) is 4.79 Å². The van der Waals surface area contributed by atoms with Crippen LogP contribution in [0.1, 0.15) is 18.5 Å². The zero-order valence-corrected chi connectivity index (χ0v) is 10.8. The van der Waals surface area contributed by atoms with E-state index in [0.29, 0.717) is 13.2 Å². The number of nitrogens with zero attached hydrogens (tertiary/aromatic N) is 1. The van der Waals surface area contributed by atoms with Crippen molar-refractivity contribution >= 4 is 5.97 Å². The molecule has 4 heteroatoms. The van der Waals surface area contributed by atoms with E-state index in [-0.39, 0.29) is 18.1 Å². The lowest BCUT2D eigenvalue weighted by molar-refractivity contribution is -0.143. The monoisotopic (exact) mass is 249 g/mol. The van der Waals surface area contributed by atoms with Gasteiger partial charge in [0.15, 0.2) is 0 Å². The number of carbonyl (C=O) groups is 1. The van der Waals surface area contributed by atoms with Crippen LogP contribution in [-0.4, -0.2) is 43.8 Å². The SMILES string of the molecule is CCOC(=O)[C@H]1CN1[C@@H](COC)c1ccccc1. The largest absolute Gasteiger partial charge is 0.465 e. The minimum Gasteiger partial charge on any atom is -0.465 e. The Bertz CT molecular complexity index is 393. The van der Waals surface area contributed by atoms with E-state index >= 15 is 0 Å². The molecule has 1 fully saturated rings. The Morgan fingerprint density at radius 2 is 2.17 bits per heavy atom. The topological polar surface area (TPSA) is 38.5 Å². The first kappa shape index (κ1) is 13.1. The van der Waals surface area contributed by atoms with Crippen molar-refractivity contribution in [2.45, 2.75) is 19.0 Å². The molecule has 1 aromatic carbocycles. The number of esters is 1. The molecule has 98 valence electrons. The summed E-state index contributed by atoms with van der Waals surface area (Å²) in [5.41, 5.74) is 1.17. The molecule has 0 spiro atoms. The van der Waals surface area contributed by atoms with Crippen LogP contribution in [0.25, 0.3) is 0 Å². The molecule has 4 nitrogen and oxygen atoms in total. The molecule has 1 saturated heterocycles. The van der Waals surface area contributed by atoms with E-state index in [1.165, 1.54) is 5.56 Å². The lowest BCUT2D eigenvalue weighted by Crippen LogP contribution is -2.22. The highest BCUT2D eigenvalue weighted by molar-refractivity contribution is 5.79. The van der Waals surface area contributed by atoms with Gasteiger partial charge in [-0.2, -0.15) is 0 Å². The van der Waals surface area contributed by atoms with Crippen LogP contribution in [0.2, 0.25) is 0 Å². The average Bonchev–Trinajstić information content (AvgIpc) is 3.17. The summed E-state index contributed by atoms with van der Waals surface area (Å²) in [6.07, 6.45) is 0. The standard InChI is InChI=1S/C14H19NO3/c1-3-18-14(16)12-9-15(12)13(10-17-2)11-7-5-4-6-8-11/h4-8,12-13H,3,9-10H2,1-2H3/t12-,13+,15?/m1/s1. The van der Waals surface area contributed by atoms with Gasteiger partial charge in [-0.05, 0) is 12.5 Å². The maximum Gasteiger partial charge on any atom is 0.324 e. The molecule has 1 heterocycles. The third kappa shape index (κ3) is 2.89. The van der Waals surface area contributed by atoms with E-state index < -0.39 is 0 Å². The molecule has 3 atom stereocenters. The second-order valence-corrected chi connectivity index (χ2v) is 4.35. The second kappa shape index (κ2) is 5.98. The average molecular weight is 249 g/mol. The smallest absolute Gasteiger partial charge is 0.324 e. The highest BCUT2D eigenvalue weighted by Crippen LogP contribution is 2.32. The van der Waals surface area contributed by atoms with Gasteiger partial charge in [0.1, 0.15) is 6.04 Å². The molecule has 18 heavy (non-hydrogen) atoms. The number of carbonyl (C=O) groups excluding carboxylic acids is 1. The predicted molar refractivity (Wildman–Crippen MR) is 68.2 cm³/mol. The Morgan fingerprint density at radius 3 is 2.78 bits per heavy atom. The zero-order chi connectivity index (χ0) is 13.0. The Kier molecular flexibility index (Phi) is 4.33. The molecule has 0 aromatic heterocycles. The summed E-state index contributed by atoms with van der Waals surface area (Å²) in [7, 11) is 1.68. The van der Waals surface area contributed by atoms with Crippen LogP contribution in [0, 0.1) is 0 Å². The molecule has 0 N–H and O–H groups in total. The van der Waals surface area contributed by atoms with E-state index in [1.807, 2.05) is 25.1 Å². The first-order chi connectivity index (χ1) is 8.77. The molecule has 0 saturated carbocycles. The summed E-state index contributed by atoms with van der Waals surface area (Å²) < 4.78 is 10.3. The van der Waals surface area contributed by atoms with Gasteiger partial charge in [-0.1, -0.05) is 30.3 Å². The summed E-state index contributed by atoms with van der Waals surface area (Å²) in [4.78, 5) is 13.8. The van der Waals surface area contributed by atoms with Gasteiger partial charge in [0.2, 0.25) is 0 Å². The van der Waals surface area contributed by atoms with Crippen LogP contribution in [0.4, 0.5) is 0 Å². The maximum absolute atomic E-state index is 11.7. The van der Waals surface area contributed by atoms with Crippen LogP contribution in [0.3, 0.4) is 0 Å². The fourth-order valence-electron chi connectivity index (χ4n) is 2.16. The molecular formula is C14H19NO3.